The van der Waals surface area contributed by atoms with E-state index in [4.69, 9.17) is 20.7 Å². The van der Waals surface area contributed by atoms with Crippen LogP contribution in [0.15, 0.2) is 30.3 Å². The van der Waals surface area contributed by atoms with Gasteiger partial charge < -0.3 is 0 Å². The Kier molecular flexibility index (Phi) is 20.6. The minimum absolute atomic E-state index is 0. The number of rotatable bonds is 0. The molecule has 0 aliphatic heterocycles. The normalized spacial score (nSPS) is 5.75. The molecule has 0 saturated carbocycles. The van der Waals surface area contributed by atoms with Crippen LogP contribution in [0.1, 0.15) is 0 Å². The Hall–Kier alpha value is 0.120. The zero-order valence-electron chi connectivity index (χ0n) is 5.84. The van der Waals surface area contributed by atoms with Gasteiger partial charge in [0.2, 0.25) is 0 Å². The molecule has 0 fully saturated rings. The van der Waals surface area contributed by atoms with E-state index in [1.54, 1.807) is 0 Å². The summed E-state index contributed by atoms with van der Waals surface area (Å²) in [5.74, 6) is 0. The van der Waals surface area contributed by atoms with Crippen molar-refractivity contribution in [3.05, 3.63) is 35.4 Å². The second kappa shape index (κ2) is 13.7. The number of hydrogen-bond acceptors (Lipinski definition) is 2. The van der Waals surface area contributed by atoms with Gasteiger partial charge in [0.15, 0.2) is 0 Å². The molecule has 0 unspecified atom stereocenters. The first kappa shape index (κ1) is 18.0. The fourth-order valence-electron chi connectivity index (χ4n) is 0.415. The fraction of sp³-hybridized carbons (Fsp3) is 0. The molecule has 0 saturated heterocycles. The van der Waals surface area contributed by atoms with E-state index in [-0.39, 0.29) is 24.8 Å². The topological polar surface area (TPSA) is 34.1 Å². The molecule has 0 aliphatic rings. The molecule has 68 valence electrons. The predicted molar refractivity (Wildman–Crippen MR) is 54.2 cm³/mol. The van der Waals surface area contributed by atoms with Crippen LogP contribution in [0.5, 0.6) is 0 Å². The first-order valence-corrected chi connectivity index (χ1v) is 3.57. The standard InChI is InChI=1S/C6H5Cl.2ClH.O2P/c7-6-4-2-1-3-5-6;;;1-3-2/h1-5H;2*1H;/q;;;+1. The molecule has 0 heterocycles. The Morgan fingerprint density at radius 2 is 1.33 bits per heavy atom. The molecule has 0 bridgehead atoms. The van der Waals surface area contributed by atoms with Crippen LogP contribution in [0.3, 0.4) is 0 Å². The van der Waals surface area contributed by atoms with Crippen molar-refractivity contribution in [1.29, 1.82) is 0 Å². The summed E-state index contributed by atoms with van der Waals surface area (Å²) < 4.78 is 16.7. The van der Waals surface area contributed by atoms with Gasteiger partial charge in [-0.15, -0.1) is 24.8 Å². The van der Waals surface area contributed by atoms with Crippen LogP contribution in [0.25, 0.3) is 0 Å². The summed E-state index contributed by atoms with van der Waals surface area (Å²) >= 11 is 5.54. The van der Waals surface area contributed by atoms with Crippen molar-refractivity contribution < 1.29 is 9.13 Å². The molecular weight excluding hydrogens is 241 g/mol. The van der Waals surface area contributed by atoms with Crippen LogP contribution in [-0.2, 0) is 9.13 Å². The molecule has 1 aromatic carbocycles. The van der Waals surface area contributed by atoms with Crippen molar-refractivity contribution in [2.45, 2.75) is 0 Å². The van der Waals surface area contributed by atoms with Gasteiger partial charge >= 0.3 is 17.5 Å². The van der Waals surface area contributed by atoms with E-state index >= 15 is 0 Å². The maximum atomic E-state index is 8.35. The Bertz CT molecular complexity index is 211. The molecule has 12 heavy (non-hydrogen) atoms. The van der Waals surface area contributed by atoms with Crippen molar-refractivity contribution in [1.82, 2.24) is 0 Å². The molecular formula is C6H7Cl3O2P+. The van der Waals surface area contributed by atoms with Crippen LogP contribution in [-0.4, -0.2) is 0 Å². The molecule has 0 spiro atoms. The zero-order chi connectivity index (χ0) is 7.82. The van der Waals surface area contributed by atoms with Gasteiger partial charge in [-0.05, 0) is 12.1 Å². The Labute approximate surface area is 89.4 Å². The molecule has 0 amide bonds. The third-order valence-corrected chi connectivity index (χ3v) is 0.985. The molecule has 1 aromatic rings. The minimum atomic E-state index is -1.08. The summed E-state index contributed by atoms with van der Waals surface area (Å²) in [4.78, 5) is 0. The van der Waals surface area contributed by atoms with Crippen molar-refractivity contribution >= 4 is 44.8 Å². The first-order chi connectivity index (χ1) is 4.81. The number of hydrogen-bond donors (Lipinski definition) is 0. The van der Waals surface area contributed by atoms with Crippen molar-refractivity contribution in [3.8, 4) is 0 Å². The second-order valence-electron chi connectivity index (χ2n) is 1.37. The average molecular weight is 248 g/mol. The molecule has 0 N–H and O–H groups in total. The van der Waals surface area contributed by atoms with Crippen molar-refractivity contribution in [2.24, 2.45) is 0 Å². The fourth-order valence-corrected chi connectivity index (χ4v) is 0.560. The zero-order valence-corrected chi connectivity index (χ0v) is 9.13. The number of halogens is 3. The van der Waals surface area contributed by atoms with Crippen LogP contribution < -0.4 is 0 Å². The summed E-state index contributed by atoms with van der Waals surface area (Å²) in [5, 5.41) is 0.794. The van der Waals surface area contributed by atoms with Crippen LogP contribution in [0.2, 0.25) is 5.02 Å². The number of benzene rings is 1. The summed E-state index contributed by atoms with van der Waals surface area (Å²) in [6, 6.07) is 9.44. The third-order valence-electron chi connectivity index (χ3n) is 0.733. The molecule has 0 radical (unpaired) electrons. The SMILES string of the molecule is Cl.Cl.Clc1ccccc1.O=[P+]=O. The van der Waals surface area contributed by atoms with Crippen LogP contribution >= 0.6 is 44.8 Å². The molecule has 0 aromatic heterocycles. The monoisotopic (exact) mass is 247 g/mol. The summed E-state index contributed by atoms with van der Waals surface area (Å²) in [6.45, 7) is 0. The van der Waals surface area contributed by atoms with Gasteiger partial charge in [0.25, 0.3) is 0 Å². The van der Waals surface area contributed by atoms with Crippen molar-refractivity contribution in [3.63, 3.8) is 0 Å². The average Bonchev–Trinajstić information content (AvgIpc) is 1.91. The summed E-state index contributed by atoms with van der Waals surface area (Å²) in [6.07, 6.45) is 0. The van der Waals surface area contributed by atoms with E-state index in [9.17, 15) is 0 Å². The van der Waals surface area contributed by atoms with E-state index in [1.807, 2.05) is 30.3 Å². The van der Waals surface area contributed by atoms with E-state index in [2.05, 4.69) is 0 Å². The third kappa shape index (κ3) is 12.8. The van der Waals surface area contributed by atoms with Gasteiger partial charge in [-0.25, -0.2) is 0 Å². The van der Waals surface area contributed by atoms with Gasteiger partial charge in [-0.2, -0.15) is 0 Å². The molecule has 2 nitrogen and oxygen atoms in total. The first-order valence-electron chi connectivity index (χ1n) is 2.46. The summed E-state index contributed by atoms with van der Waals surface area (Å²) in [5.41, 5.74) is 0. The molecule has 6 heteroatoms. The van der Waals surface area contributed by atoms with Gasteiger partial charge in [-0.1, -0.05) is 29.8 Å². The molecule has 1 rings (SSSR count). The van der Waals surface area contributed by atoms with E-state index in [1.165, 1.54) is 0 Å². The van der Waals surface area contributed by atoms with E-state index in [0.717, 1.165) is 5.02 Å². The Morgan fingerprint density at radius 3 is 1.50 bits per heavy atom. The van der Waals surface area contributed by atoms with Gasteiger partial charge in [0.1, 0.15) is 0 Å². The van der Waals surface area contributed by atoms with Crippen LogP contribution in [0, 0.1) is 0 Å². The summed E-state index contributed by atoms with van der Waals surface area (Å²) in [7, 11) is -1.08. The quantitative estimate of drug-likeness (QED) is 0.654. The van der Waals surface area contributed by atoms with Gasteiger partial charge in [0, 0.05) is 5.02 Å². The molecule has 0 atom stereocenters. The predicted octanol–water partition coefficient (Wildman–Crippen LogP) is 3.81. The second-order valence-corrected chi connectivity index (χ2v) is 1.96. The Balaban J connectivity index is -0.000000146. The van der Waals surface area contributed by atoms with E-state index in [0.29, 0.717) is 0 Å². The van der Waals surface area contributed by atoms with Crippen LogP contribution in [0.4, 0.5) is 0 Å². The van der Waals surface area contributed by atoms with Crippen molar-refractivity contribution in [2.75, 3.05) is 0 Å². The van der Waals surface area contributed by atoms with E-state index < -0.39 is 8.34 Å². The molecule has 0 aliphatic carbocycles. The van der Waals surface area contributed by atoms with Gasteiger partial charge in [-0.3, -0.25) is 0 Å². The Morgan fingerprint density at radius 1 is 1.00 bits per heavy atom. The maximum absolute atomic E-state index is 8.35. The van der Waals surface area contributed by atoms with Gasteiger partial charge in [0.05, 0.1) is 0 Å².